The summed E-state index contributed by atoms with van der Waals surface area (Å²) in [5.41, 5.74) is 12.0. The number of amides is 1. The Hall–Kier alpha value is -2.77. The molecular weight excluding hydrogens is 288 g/mol. The molecular formula is C14H18N4O4. The number of aliphatic imine (C=N–C) groups is 1. The van der Waals surface area contributed by atoms with Gasteiger partial charge in [-0.2, -0.15) is 0 Å². The number of hydrogen-bond donors (Lipinski definition) is 4. The van der Waals surface area contributed by atoms with Crippen LogP contribution < -0.4 is 21.5 Å². The Morgan fingerprint density at radius 3 is 2.91 bits per heavy atom. The van der Waals surface area contributed by atoms with Crippen LogP contribution in [0.1, 0.15) is 12.0 Å². The lowest BCUT2D eigenvalue weighted by Gasteiger charge is -2.24. The SMILES string of the molecule is NC(N)=NCCOc1ccc2c(c1)NC(=O)C(CC(=O)O)C2. The highest BCUT2D eigenvalue weighted by molar-refractivity contribution is 5.97. The second-order valence-electron chi connectivity index (χ2n) is 4.96. The van der Waals surface area contributed by atoms with Crippen molar-refractivity contribution in [3.63, 3.8) is 0 Å². The minimum Gasteiger partial charge on any atom is -0.492 e. The first-order valence-electron chi connectivity index (χ1n) is 6.79. The number of carbonyl (C=O) groups is 2. The van der Waals surface area contributed by atoms with Crippen molar-refractivity contribution in [2.45, 2.75) is 12.8 Å². The summed E-state index contributed by atoms with van der Waals surface area (Å²) in [6, 6.07) is 5.29. The highest BCUT2D eigenvalue weighted by Crippen LogP contribution is 2.30. The van der Waals surface area contributed by atoms with Crippen LogP contribution in [0.3, 0.4) is 0 Å². The Balaban J connectivity index is 2.00. The lowest BCUT2D eigenvalue weighted by atomic mass is 9.91. The molecule has 0 aliphatic carbocycles. The number of carbonyl (C=O) groups excluding carboxylic acids is 1. The number of hydrogen-bond acceptors (Lipinski definition) is 4. The molecule has 0 saturated heterocycles. The Bertz CT molecular complexity index is 611. The maximum Gasteiger partial charge on any atom is 0.304 e. The van der Waals surface area contributed by atoms with E-state index in [4.69, 9.17) is 21.3 Å². The fraction of sp³-hybridized carbons (Fsp3) is 0.357. The van der Waals surface area contributed by atoms with Gasteiger partial charge in [-0.25, -0.2) is 0 Å². The van der Waals surface area contributed by atoms with Crippen molar-refractivity contribution in [3.8, 4) is 5.75 Å². The molecule has 0 spiro atoms. The molecule has 1 aliphatic heterocycles. The molecule has 6 N–H and O–H groups in total. The van der Waals surface area contributed by atoms with Crippen LogP contribution in [-0.2, 0) is 16.0 Å². The first-order chi connectivity index (χ1) is 10.5. The number of guanidine groups is 1. The van der Waals surface area contributed by atoms with E-state index in [0.29, 0.717) is 31.0 Å². The molecule has 1 aromatic rings. The molecule has 1 atom stereocenters. The van der Waals surface area contributed by atoms with E-state index in [0.717, 1.165) is 5.56 Å². The quantitative estimate of drug-likeness (QED) is 0.329. The molecule has 1 heterocycles. The summed E-state index contributed by atoms with van der Waals surface area (Å²) in [6.07, 6.45) is 0.226. The Morgan fingerprint density at radius 1 is 1.45 bits per heavy atom. The van der Waals surface area contributed by atoms with Crippen molar-refractivity contribution in [2.75, 3.05) is 18.5 Å². The maximum atomic E-state index is 11.9. The van der Waals surface area contributed by atoms with Crippen LogP contribution in [0.4, 0.5) is 5.69 Å². The molecule has 0 aromatic heterocycles. The zero-order valence-electron chi connectivity index (χ0n) is 11.9. The van der Waals surface area contributed by atoms with E-state index in [1.807, 2.05) is 6.07 Å². The number of fused-ring (bicyclic) bond motifs is 1. The number of carboxylic acids is 1. The molecule has 2 rings (SSSR count). The summed E-state index contributed by atoms with van der Waals surface area (Å²) in [4.78, 5) is 26.4. The third-order valence-corrected chi connectivity index (χ3v) is 3.25. The first-order valence-corrected chi connectivity index (χ1v) is 6.79. The topological polar surface area (TPSA) is 140 Å². The van der Waals surface area contributed by atoms with Gasteiger partial charge < -0.3 is 26.6 Å². The summed E-state index contributed by atoms with van der Waals surface area (Å²) >= 11 is 0. The Kier molecular flexibility index (Phi) is 4.82. The van der Waals surface area contributed by atoms with Gasteiger partial charge in [0.15, 0.2) is 5.96 Å². The van der Waals surface area contributed by atoms with Gasteiger partial charge in [-0.1, -0.05) is 6.07 Å². The molecule has 8 heteroatoms. The van der Waals surface area contributed by atoms with Crippen molar-refractivity contribution >= 4 is 23.5 Å². The van der Waals surface area contributed by atoms with Crippen molar-refractivity contribution in [3.05, 3.63) is 23.8 Å². The first kappa shape index (κ1) is 15.6. The number of anilines is 1. The summed E-state index contributed by atoms with van der Waals surface area (Å²) in [6.45, 7) is 0.652. The lowest BCUT2D eigenvalue weighted by molar-refractivity contribution is -0.140. The Labute approximate surface area is 127 Å². The third-order valence-electron chi connectivity index (χ3n) is 3.25. The van der Waals surface area contributed by atoms with Crippen LogP contribution in [0, 0.1) is 5.92 Å². The molecule has 1 aromatic carbocycles. The minimum atomic E-state index is -0.983. The van der Waals surface area contributed by atoms with E-state index in [1.165, 1.54) is 0 Å². The predicted molar refractivity (Wildman–Crippen MR) is 80.7 cm³/mol. The second-order valence-corrected chi connectivity index (χ2v) is 4.96. The molecule has 0 saturated carbocycles. The normalized spacial score (nSPS) is 16.4. The highest BCUT2D eigenvalue weighted by atomic mass is 16.5. The van der Waals surface area contributed by atoms with Gasteiger partial charge >= 0.3 is 5.97 Å². The Morgan fingerprint density at radius 2 is 2.23 bits per heavy atom. The number of nitrogens with zero attached hydrogens (tertiary/aromatic N) is 1. The fourth-order valence-electron chi connectivity index (χ4n) is 2.25. The van der Waals surface area contributed by atoms with Crippen LogP contribution in [-0.4, -0.2) is 36.1 Å². The number of ether oxygens (including phenoxy) is 1. The van der Waals surface area contributed by atoms with Crippen LogP contribution in [0.2, 0.25) is 0 Å². The van der Waals surface area contributed by atoms with E-state index in [-0.39, 0.29) is 18.3 Å². The van der Waals surface area contributed by atoms with Crippen molar-refractivity contribution < 1.29 is 19.4 Å². The molecule has 118 valence electrons. The average molecular weight is 306 g/mol. The number of nitrogens with two attached hydrogens (primary N) is 2. The maximum absolute atomic E-state index is 11.9. The van der Waals surface area contributed by atoms with E-state index in [2.05, 4.69) is 10.3 Å². The smallest absolute Gasteiger partial charge is 0.304 e. The van der Waals surface area contributed by atoms with Crippen molar-refractivity contribution in [1.82, 2.24) is 0 Å². The zero-order valence-corrected chi connectivity index (χ0v) is 11.9. The van der Waals surface area contributed by atoms with Crippen LogP contribution in [0.25, 0.3) is 0 Å². The molecule has 1 aliphatic rings. The van der Waals surface area contributed by atoms with Gasteiger partial charge in [-0.15, -0.1) is 0 Å². The molecule has 8 nitrogen and oxygen atoms in total. The molecule has 0 radical (unpaired) electrons. The molecule has 0 fully saturated rings. The van der Waals surface area contributed by atoms with Gasteiger partial charge in [0.05, 0.1) is 18.9 Å². The van der Waals surface area contributed by atoms with E-state index < -0.39 is 11.9 Å². The summed E-state index contributed by atoms with van der Waals surface area (Å²) in [7, 11) is 0. The van der Waals surface area contributed by atoms with Gasteiger partial charge in [0.2, 0.25) is 5.91 Å². The summed E-state index contributed by atoms with van der Waals surface area (Å²) in [5, 5.41) is 11.5. The van der Waals surface area contributed by atoms with Gasteiger partial charge in [0.25, 0.3) is 0 Å². The van der Waals surface area contributed by atoms with Crippen LogP contribution in [0.5, 0.6) is 5.75 Å². The minimum absolute atomic E-state index is 0.00535. The van der Waals surface area contributed by atoms with E-state index in [1.54, 1.807) is 12.1 Å². The number of aliphatic carboxylic acids is 1. The van der Waals surface area contributed by atoms with Crippen LogP contribution >= 0.6 is 0 Å². The highest BCUT2D eigenvalue weighted by Gasteiger charge is 2.28. The van der Waals surface area contributed by atoms with E-state index in [9.17, 15) is 9.59 Å². The van der Waals surface area contributed by atoms with Gasteiger partial charge in [-0.3, -0.25) is 14.6 Å². The van der Waals surface area contributed by atoms with E-state index >= 15 is 0 Å². The molecule has 1 unspecified atom stereocenters. The largest absolute Gasteiger partial charge is 0.492 e. The second kappa shape index (κ2) is 6.79. The monoisotopic (exact) mass is 306 g/mol. The van der Waals surface area contributed by atoms with Crippen molar-refractivity contribution in [2.24, 2.45) is 22.4 Å². The standard InChI is InChI=1S/C14H18N4O4/c15-14(16)17-3-4-22-10-2-1-8-5-9(6-12(19)20)13(21)18-11(8)7-10/h1-2,7,9H,3-6H2,(H,18,21)(H,19,20)(H4,15,16,17). The number of rotatable bonds is 6. The molecule has 0 bridgehead atoms. The predicted octanol–water partition coefficient (Wildman–Crippen LogP) is -0.0757. The van der Waals surface area contributed by atoms with Crippen molar-refractivity contribution in [1.29, 1.82) is 0 Å². The summed E-state index contributed by atoms with van der Waals surface area (Å²) in [5.74, 6) is -1.22. The van der Waals surface area contributed by atoms with Gasteiger partial charge in [0.1, 0.15) is 12.4 Å². The van der Waals surface area contributed by atoms with Crippen LogP contribution in [0.15, 0.2) is 23.2 Å². The number of benzene rings is 1. The number of carboxylic acid groups (broad SMARTS) is 1. The number of nitrogens with one attached hydrogen (secondary N) is 1. The fourth-order valence-corrected chi connectivity index (χ4v) is 2.25. The molecule has 22 heavy (non-hydrogen) atoms. The average Bonchev–Trinajstić information content (AvgIpc) is 2.44. The lowest BCUT2D eigenvalue weighted by Crippen LogP contribution is -2.31. The third kappa shape index (κ3) is 4.11. The van der Waals surface area contributed by atoms with Gasteiger partial charge in [0, 0.05) is 11.8 Å². The van der Waals surface area contributed by atoms with Gasteiger partial charge in [-0.05, 0) is 18.1 Å². The zero-order chi connectivity index (χ0) is 16.1. The molecule has 1 amide bonds. The summed E-state index contributed by atoms with van der Waals surface area (Å²) < 4.78 is 5.49.